The second-order valence-electron chi connectivity index (χ2n) is 10.1. The van der Waals surface area contributed by atoms with Gasteiger partial charge in [-0.2, -0.15) is 0 Å². The van der Waals surface area contributed by atoms with Crippen LogP contribution in [0.5, 0.6) is 5.75 Å². The molecule has 2 atom stereocenters. The van der Waals surface area contributed by atoms with Crippen molar-refractivity contribution in [1.29, 1.82) is 0 Å². The van der Waals surface area contributed by atoms with Crippen LogP contribution in [0.1, 0.15) is 50.8 Å². The minimum atomic E-state index is -0.924. The van der Waals surface area contributed by atoms with Crippen LogP contribution in [0.15, 0.2) is 77.2 Å². The smallest absolute Gasteiger partial charge is 0.321 e. The number of nitrogens with zero attached hydrogens (tertiary/aromatic N) is 1. The summed E-state index contributed by atoms with van der Waals surface area (Å²) in [6.45, 7) is 5.17. The maximum atomic E-state index is 13.4. The van der Waals surface area contributed by atoms with Crippen LogP contribution in [0.3, 0.4) is 0 Å². The first-order valence-electron chi connectivity index (χ1n) is 13.5. The molecule has 1 amide bonds. The predicted octanol–water partition coefficient (Wildman–Crippen LogP) is 5.04. The Morgan fingerprint density at radius 3 is 2.67 bits per heavy atom. The van der Waals surface area contributed by atoms with Crippen LogP contribution in [0.4, 0.5) is 0 Å². The van der Waals surface area contributed by atoms with E-state index in [2.05, 4.69) is 15.6 Å². The van der Waals surface area contributed by atoms with E-state index in [4.69, 9.17) is 9.15 Å². The van der Waals surface area contributed by atoms with Crippen molar-refractivity contribution < 1.29 is 23.8 Å². The van der Waals surface area contributed by atoms with E-state index in [1.807, 2.05) is 74.5 Å². The minimum Gasteiger partial charge on any atom is -0.493 e. The molecule has 4 aromatic rings. The minimum absolute atomic E-state index is 0.266. The van der Waals surface area contributed by atoms with E-state index in [9.17, 15) is 14.7 Å². The first kappa shape index (κ1) is 27.1. The zero-order valence-corrected chi connectivity index (χ0v) is 22.6. The molecule has 1 fully saturated rings. The number of carboxylic acid groups (broad SMARTS) is 1. The monoisotopic (exact) mass is 539 g/mol. The first-order chi connectivity index (χ1) is 19.4. The highest BCUT2D eigenvalue weighted by Gasteiger charge is 2.36. The molecule has 0 aliphatic carbocycles. The number of aromatic nitrogens is 1. The number of carbonyl (C=O) groups excluding carboxylic acids is 1. The molecule has 206 valence electrons. The Labute approximate surface area is 233 Å². The Kier molecular flexibility index (Phi) is 8.26. The van der Waals surface area contributed by atoms with Crippen molar-refractivity contribution in [3.05, 3.63) is 107 Å². The van der Waals surface area contributed by atoms with Crippen LogP contribution < -0.4 is 15.4 Å². The maximum absolute atomic E-state index is 13.4. The van der Waals surface area contributed by atoms with Gasteiger partial charge in [-0.25, -0.2) is 4.98 Å². The molecule has 3 aromatic carbocycles. The summed E-state index contributed by atoms with van der Waals surface area (Å²) in [5, 5.41) is 15.8. The third-order valence-corrected chi connectivity index (χ3v) is 7.21. The average Bonchev–Trinajstić information content (AvgIpc) is 3.59. The van der Waals surface area contributed by atoms with Crippen LogP contribution >= 0.6 is 0 Å². The van der Waals surface area contributed by atoms with Gasteiger partial charge in [0.2, 0.25) is 5.89 Å². The molecule has 2 heterocycles. The largest absolute Gasteiger partial charge is 0.493 e. The molecule has 1 aliphatic rings. The summed E-state index contributed by atoms with van der Waals surface area (Å²) in [6.07, 6.45) is 1.16. The van der Waals surface area contributed by atoms with Gasteiger partial charge in [0.25, 0.3) is 5.91 Å². The Hall–Kier alpha value is -4.43. The summed E-state index contributed by atoms with van der Waals surface area (Å²) in [7, 11) is 0. The topological polar surface area (TPSA) is 114 Å². The Morgan fingerprint density at radius 1 is 1.07 bits per heavy atom. The number of ether oxygens (including phenoxy) is 1. The van der Waals surface area contributed by atoms with E-state index in [1.165, 1.54) is 0 Å². The number of nitrogens with one attached hydrogen (secondary N) is 2. The first-order valence-corrected chi connectivity index (χ1v) is 13.5. The van der Waals surface area contributed by atoms with Gasteiger partial charge < -0.3 is 24.9 Å². The van der Waals surface area contributed by atoms with E-state index < -0.39 is 12.0 Å². The summed E-state index contributed by atoms with van der Waals surface area (Å²) < 4.78 is 11.9. The summed E-state index contributed by atoms with van der Waals surface area (Å²) in [5.74, 6) is 0.336. The molecular formula is C32H33N3O5. The van der Waals surface area contributed by atoms with E-state index in [1.54, 1.807) is 12.1 Å². The molecule has 8 nitrogen and oxygen atoms in total. The number of oxazole rings is 1. The summed E-state index contributed by atoms with van der Waals surface area (Å²) in [6, 6.07) is 22.3. The number of carbonyl (C=O) groups is 2. The number of aryl methyl sites for hydroxylation is 2. The molecule has 1 unspecified atom stereocenters. The number of hydrogen-bond donors (Lipinski definition) is 3. The zero-order valence-electron chi connectivity index (χ0n) is 22.6. The van der Waals surface area contributed by atoms with E-state index in [0.29, 0.717) is 55.3 Å². The highest BCUT2D eigenvalue weighted by atomic mass is 16.5. The van der Waals surface area contributed by atoms with Gasteiger partial charge in [0.1, 0.15) is 17.6 Å². The molecule has 1 saturated heterocycles. The molecule has 0 bridgehead atoms. The molecular weight excluding hydrogens is 506 g/mol. The second-order valence-corrected chi connectivity index (χ2v) is 10.1. The van der Waals surface area contributed by atoms with Crippen LogP contribution in [0, 0.1) is 13.8 Å². The molecule has 1 aliphatic heterocycles. The number of carboxylic acids is 1. The van der Waals surface area contributed by atoms with Gasteiger partial charge in [-0.1, -0.05) is 54.1 Å². The Morgan fingerprint density at radius 2 is 1.90 bits per heavy atom. The zero-order chi connectivity index (χ0) is 28.1. The predicted molar refractivity (Wildman–Crippen MR) is 151 cm³/mol. The van der Waals surface area contributed by atoms with E-state index in [0.717, 1.165) is 28.1 Å². The van der Waals surface area contributed by atoms with Gasteiger partial charge in [-0.3, -0.25) is 9.59 Å². The lowest BCUT2D eigenvalue weighted by Gasteiger charge is -2.20. The fourth-order valence-corrected chi connectivity index (χ4v) is 5.17. The molecule has 5 rings (SSSR count). The van der Waals surface area contributed by atoms with Crippen molar-refractivity contribution in [2.24, 2.45) is 0 Å². The molecule has 0 spiro atoms. The van der Waals surface area contributed by atoms with Crippen molar-refractivity contribution in [2.75, 3.05) is 13.2 Å². The highest BCUT2D eigenvalue weighted by molar-refractivity contribution is 5.96. The maximum Gasteiger partial charge on any atom is 0.321 e. The quantitative estimate of drug-likeness (QED) is 0.259. The van der Waals surface area contributed by atoms with Gasteiger partial charge in [0.05, 0.1) is 12.3 Å². The van der Waals surface area contributed by atoms with Gasteiger partial charge in [0, 0.05) is 30.0 Å². The van der Waals surface area contributed by atoms with Crippen LogP contribution in [-0.4, -0.2) is 41.2 Å². The molecule has 1 aromatic heterocycles. The standard InChI is InChI=1S/C32H33N3O5/c1-20-7-6-8-22(17-20)19-34-30(36)27-18-24(11-12-25(27)26-13-15-33-29(26)32(37)38)39-16-14-28-21(2)40-31(35-28)23-9-4-3-5-10-23/h3-12,17-18,26,29,33H,13-16,19H2,1-2H3,(H,34,36)(H,37,38)/t26?,29-/m0/s1. The SMILES string of the molecule is Cc1cccc(CNC(=O)c2cc(OCCc3nc(-c4ccccc4)oc3C)ccc2C2CCN[C@@H]2C(=O)O)c1. The average molecular weight is 540 g/mol. The number of benzene rings is 3. The third kappa shape index (κ3) is 6.24. The molecule has 40 heavy (non-hydrogen) atoms. The fourth-order valence-electron chi connectivity index (χ4n) is 5.17. The Balaban J connectivity index is 1.32. The Bertz CT molecular complexity index is 1500. The number of aliphatic carboxylic acids is 1. The number of amides is 1. The third-order valence-electron chi connectivity index (χ3n) is 7.21. The lowest BCUT2D eigenvalue weighted by atomic mass is 9.88. The summed E-state index contributed by atoms with van der Waals surface area (Å²) >= 11 is 0. The molecule has 0 saturated carbocycles. The lowest BCUT2D eigenvalue weighted by molar-refractivity contribution is -0.139. The van der Waals surface area contributed by atoms with Gasteiger partial charge in [0.15, 0.2) is 0 Å². The van der Waals surface area contributed by atoms with Crippen molar-refractivity contribution in [2.45, 2.75) is 45.2 Å². The van der Waals surface area contributed by atoms with Gasteiger partial charge in [-0.05, 0) is 62.2 Å². The van der Waals surface area contributed by atoms with Crippen molar-refractivity contribution in [1.82, 2.24) is 15.6 Å². The summed E-state index contributed by atoms with van der Waals surface area (Å²) in [5.41, 5.74) is 4.96. The molecule has 3 N–H and O–H groups in total. The normalized spacial score (nSPS) is 16.6. The second kappa shape index (κ2) is 12.2. The molecule has 8 heteroatoms. The van der Waals surface area contributed by atoms with Gasteiger partial charge >= 0.3 is 5.97 Å². The van der Waals surface area contributed by atoms with E-state index in [-0.39, 0.29) is 11.8 Å². The lowest BCUT2D eigenvalue weighted by Crippen LogP contribution is -2.35. The van der Waals surface area contributed by atoms with Crippen molar-refractivity contribution in [3.8, 4) is 17.2 Å². The van der Waals surface area contributed by atoms with Crippen molar-refractivity contribution >= 4 is 11.9 Å². The summed E-state index contributed by atoms with van der Waals surface area (Å²) in [4.78, 5) is 29.9. The van der Waals surface area contributed by atoms with Crippen LogP contribution in [0.2, 0.25) is 0 Å². The highest BCUT2D eigenvalue weighted by Crippen LogP contribution is 2.33. The van der Waals surface area contributed by atoms with Gasteiger partial charge in [-0.15, -0.1) is 0 Å². The number of rotatable bonds is 10. The van der Waals surface area contributed by atoms with E-state index >= 15 is 0 Å². The van der Waals surface area contributed by atoms with Crippen LogP contribution in [0.25, 0.3) is 11.5 Å². The fraction of sp³-hybridized carbons (Fsp3) is 0.281. The van der Waals surface area contributed by atoms with Crippen molar-refractivity contribution in [3.63, 3.8) is 0 Å². The van der Waals surface area contributed by atoms with Crippen LogP contribution in [-0.2, 0) is 17.8 Å². The molecule has 0 radical (unpaired) electrons. The number of hydrogen-bond acceptors (Lipinski definition) is 6.